The molecule has 8 nitrogen and oxygen atoms in total. The molecule has 0 unspecified atom stereocenters. The van der Waals surface area contributed by atoms with Gasteiger partial charge in [0.05, 0.1) is 29.7 Å². The van der Waals surface area contributed by atoms with Gasteiger partial charge in [0.1, 0.15) is 5.82 Å². The minimum Gasteiger partial charge on any atom is -0.352 e. The van der Waals surface area contributed by atoms with E-state index in [1.165, 1.54) is 0 Å². The number of aromatic amines is 1. The Kier molecular flexibility index (Phi) is 7.47. The molecule has 184 valence electrons. The Hall–Kier alpha value is -3.58. The fourth-order valence-corrected chi connectivity index (χ4v) is 2.91. The van der Waals surface area contributed by atoms with Gasteiger partial charge in [-0.2, -0.15) is 26.3 Å². The third-order valence-electron chi connectivity index (χ3n) is 4.58. The number of halogens is 6. The fourth-order valence-electron chi connectivity index (χ4n) is 2.91. The zero-order valence-electron chi connectivity index (χ0n) is 17.4. The summed E-state index contributed by atoms with van der Waals surface area (Å²) >= 11 is 0. The van der Waals surface area contributed by atoms with E-state index in [4.69, 9.17) is 4.52 Å². The summed E-state index contributed by atoms with van der Waals surface area (Å²) in [6.45, 7) is -0.0184. The molecule has 0 aliphatic carbocycles. The zero-order chi connectivity index (χ0) is 24.9. The summed E-state index contributed by atoms with van der Waals surface area (Å²) in [6.07, 6.45) is -12.1. The minimum atomic E-state index is -4.40. The van der Waals surface area contributed by atoms with Gasteiger partial charge in [0, 0.05) is 31.9 Å². The molecule has 1 aromatic carbocycles. The van der Waals surface area contributed by atoms with E-state index in [1.807, 2.05) is 0 Å². The van der Waals surface area contributed by atoms with Crippen molar-refractivity contribution in [3.05, 3.63) is 47.1 Å². The quantitative estimate of drug-likeness (QED) is 0.393. The van der Waals surface area contributed by atoms with E-state index in [9.17, 15) is 35.9 Å². The number of nitrogens with zero attached hydrogens (tertiary/aromatic N) is 2. The van der Waals surface area contributed by atoms with Gasteiger partial charge >= 0.3 is 12.4 Å². The Morgan fingerprint density at radius 2 is 1.71 bits per heavy atom. The van der Waals surface area contributed by atoms with Crippen LogP contribution in [0.4, 0.5) is 26.3 Å². The molecular formula is C20H19F6N5O3. The van der Waals surface area contributed by atoms with Gasteiger partial charge in [-0.15, -0.1) is 0 Å². The highest BCUT2D eigenvalue weighted by Crippen LogP contribution is 2.22. The minimum absolute atomic E-state index is 0.00392. The lowest BCUT2D eigenvalue weighted by Crippen LogP contribution is -2.24. The number of aromatic nitrogens is 3. The summed E-state index contributed by atoms with van der Waals surface area (Å²) in [4.78, 5) is 30.9. The van der Waals surface area contributed by atoms with Gasteiger partial charge in [0.2, 0.25) is 11.7 Å². The first-order valence-electron chi connectivity index (χ1n) is 9.99. The molecule has 34 heavy (non-hydrogen) atoms. The maximum Gasteiger partial charge on any atom is 0.389 e. The van der Waals surface area contributed by atoms with Gasteiger partial charge in [0.25, 0.3) is 5.91 Å². The number of carbonyl (C=O) groups is 2. The van der Waals surface area contributed by atoms with E-state index in [1.54, 1.807) is 18.2 Å². The SMILES string of the molecule is O=C(CCC(F)(F)F)NCc1ccc2nc(CNC(=O)c3cc(CCC(F)(F)F)no3)[nH]c2c1. The van der Waals surface area contributed by atoms with Crippen molar-refractivity contribution in [1.29, 1.82) is 0 Å². The standard InChI is InChI=1S/C20H19F6N5O3/c21-19(22,23)5-3-12-8-15(34-31-12)18(33)28-10-16-29-13-2-1-11(7-14(13)30-16)9-27-17(32)4-6-20(24,25)26/h1-2,7-8H,3-6,9-10H2,(H,27,32)(H,28,33)(H,29,30). The summed E-state index contributed by atoms with van der Waals surface area (Å²) in [5.74, 6) is -1.28. The van der Waals surface area contributed by atoms with E-state index in [2.05, 4.69) is 25.8 Å². The molecule has 0 bridgehead atoms. The first-order chi connectivity index (χ1) is 15.9. The normalized spacial score (nSPS) is 12.2. The molecule has 2 heterocycles. The second-order valence-electron chi connectivity index (χ2n) is 7.41. The lowest BCUT2D eigenvalue weighted by atomic mass is 10.2. The molecule has 0 spiro atoms. The molecule has 14 heteroatoms. The number of H-pyrrole nitrogens is 1. The van der Waals surface area contributed by atoms with Crippen molar-refractivity contribution in [1.82, 2.24) is 25.8 Å². The van der Waals surface area contributed by atoms with Crippen molar-refractivity contribution < 1.29 is 40.5 Å². The third-order valence-corrected chi connectivity index (χ3v) is 4.58. The largest absolute Gasteiger partial charge is 0.389 e. The molecule has 3 N–H and O–H groups in total. The molecule has 0 saturated carbocycles. The predicted octanol–water partition coefficient (Wildman–Crippen LogP) is 3.93. The van der Waals surface area contributed by atoms with Gasteiger partial charge in [-0.3, -0.25) is 9.59 Å². The highest BCUT2D eigenvalue weighted by molar-refractivity contribution is 5.91. The van der Waals surface area contributed by atoms with Gasteiger partial charge in [0.15, 0.2) is 0 Å². The molecule has 0 aliphatic rings. The van der Waals surface area contributed by atoms with Crippen LogP contribution in [0.1, 0.15) is 46.9 Å². The average molecular weight is 491 g/mol. The Bertz CT molecular complexity index is 1150. The molecule has 3 aromatic rings. The number of hydrogen-bond donors (Lipinski definition) is 3. The number of fused-ring (bicyclic) bond motifs is 1. The Morgan fingerprint density at radius 3 is 2.41 bits per heavy atom. The zero-order valence-corrected chi connectivity index (χ0v) is 17.4. The lowest BCUT2D eigenvalue weighted by Gasteiger charge is -2.07. The van der Waals surface area contributed by atoms with Crippen molar-refractivity contribution in [3.63, 3.8) is 0 Å². The number of alkyl halides is 6. The molecule has 0 fully saturated rings. The van der Waals surface area contributed by atoms with Crippen LogP contribution in [-0.2, 0) is 24.3 Å². The van der Waals surface area contributed by atoms with E-state index >= 15 is 0 Å². The van der Waals surface area contributed by atoms with Crippen molar-refractivity contribution in [2.24, 2.45) is 0 Å². The maximum atomic E-state index is 12.3. The van der Waals surface area contributed by atoms with E-state index in [0.717, 1.165) is 6.07 Å². The van der Waals surface area contributed by atoms with Gasteiger partial charge in [-0.05, 0) is 17.7 Å². The van der Waals surface area contributed by atoms with Crippen LogP contribution < -0.4 is 10.6 Å². The van der Waals surface area contributed by atoms with Crippen LogP contribution in [0.15, 0.2) is 28.8 Å². The summed E-state index contributed by atoms with van der Waals surface area (Å²) in [5, 5.41) is 8.36. The van der Waals surface area contributed by atoms with Crippen LogP contribution in [0.25, 0.3) is 11.0 Å². The molecule has 0 atom stereocenters. The van der Waals surface area contributed by atoms with Crippen molar-refractivity contribution >= 4 is 22.8 Å². The topological polar surface area (TPSA) is 113 Å². The summed E-state index contributed by atoms with van der Waals surface area (Å²) < 4.78 is 78.1. The number of nitrogens with one attached hydrogen (secondary N) is 3. The molecular weight excluding hydrogens is 472 g/mol. The smallest absolute Gasteiger partial charge is 0.352 e. The number of benzene rings is 1. The van der Waals surface area contributed by atoms with Crippen molar-refractivity contribution in [3.8, 4) is 0 Å². The molecule has 0 saturated heterocycles. The predicted molar refractivity (Wildman–Crippen MR) is 105 cm³/mol. The summed E-state index contributed by atoms with van der Waals surface area (Å²) in [5.41, 5.74) is 1.75. The van der Waals surface area contributed by atoms with Crippen LogP contribution in [-0.4, -0.2) is 39.3 Å². The van der Waals surface area contributed by atoms with E-state index < -0.39 is 49.9 Å². The van der Waals surface area contributed by atoms with E-state index in [-0.39, 0.29) is 24.5 Å². The van der Waals surface area contributed by atoms with E-state index in [0.29, 0.717) is 22.4 Å². The molecule has 2 amide bonds. The second-order valence-corrected chi connectivity index (χ2v) is 7.41. The number of imidazole rings is 1. The Labute approximate surface area is 188 Å². The fraction of sp³-hybridized carbons (Fsp3) is 0.400. The Morgan fingerprint density at radius 1 is 0.971 bits per heavy atom. The number of carbonyl (C=O) groups excluding carboxylic acids is 2. The number of aryl methyl sites for hydroxylation is 1. The number of amides is 2. The molecule has 0 aliphatic heterocycles. The Balaban J connectivity index is 1.51. The monoisotopic (exact) mass is 491 g/mol. The first kappa shape index (κ1) is 25.1. The van der Waals surface area contributed by atoms with Gasteiger partial charge < -0.3 is 20.1 Å². The first-order valence-corrected chi connectivity index (χ1v) is 9.99. The number of hydrogen-bond acceptors (Lipinski definition) is 5. The molecule has 3 rings (SSSR count). The van der Waals surface area contributed by atoms with Crippen molar-refractivity contribution in [2.45, 2.75) is 51.1 Å². The third kappa shape index (κ3) is 7.78. The van der Waals surface area contributed by atoms with Crippen LogP contribution in [0.2, 0.25) is 0 Å². The van der Waals surface area contributed by atoms with Gasteiger partial charge in [-0.25, -0.2) is 4.98 Å². The average Bonchev–Trinajstić information content (AvgIpc) is 3.38. The van der Waals surface area contributed by atoms with Gasteiger partial charge in [-0.1, -0.05) is 11.2 Å². The summed E-state index contributed by atoms with van der Waals surface area (Å²) in [7, 11) is 0. The van der Waals surface area contributed by atoms with Crippen LogP contribution >= 0.6 is 0 Å². The maximum absolute atomic E-state index is 12.3. The van der Waals surface area contributed by atoms with Crippen molar-refractivity contribution in [2.75, 3.05) is 0 Å². The lowest BCUT2D eigenvalue weighted by molar-refractivity contribution is -0.144. The highest BCUT2D eigenvalue weighted by atomic mass is 19.4. The van der Waals surface area contributed by atoms with Crippen LogP contribution in [0.5, 0.6) is 0 Å². The summed E-state index contributed by atoms with van der Waals surface area (Å²) in [6, 6.07) is 6.07. The highest BCUT2D eigenvalue weighted by Gasteiger charge is 2.28. The molecule has 2 aromatic heterocycles. The van der Waals surface area contributed by atoms with Crippen LogP contribution in [0, 0.1) is 0 Å². The van der Waals surface area contributed by atoms with Crippen LogP contribution in [0.3, 0.4) is 0 Å². The molecule has 0 radical (unpaired) electrons. The second kappa shape index (κ2) is 10.1. The number of rotatable bonds is 9.